The van der Waals surface area contributed by atoms with E-state index in [2.05, 4.69) is 40.5 Å². The topological polar surface area (TPSA) is 52.7 Å². The molecule has 0 bridgehead atoms. The van der Waals surface area contributed by atoms with Gasteiger partial charge in [0, 0.05) is 32.7 Å². The number of nitrogens with zero attached hydrogens (tertiary/aromatic N) is 2. The van der Waals surface area contributed by atoms with Crippen LogP contribution in [0.4, 0.5) is 0 Å². The fourth-order valence-electron chi connectivity index (χ4n) is 3.62. The Labute approximate surface area is 155 Å². The summed E-state index contributed by atoms with van der Waals surface area (Å²) in [6, 6.07) is 14.3. The van der Waals surface area contributed by atoms with Crippen molar-refractivity contribution in [2.45, 2.75) is 32.9 Å². The van der Waals surface area contributed by atoms with E-state index in [9.17, 15) is 9.59 Å². The lowest BCUT2D eigenvalue weighted by Crippen LogP contribution is -2.56. The molecule has 5 heteroatoms. The van der Waals surface area contributed by atoms with Gasteiger partial charge in [-0.2, -0.15) is 0 Å². The van der Waals surface area contributed by atoms with E-state index in [1.807, 2.05) is 26.0 Å². The molecule has 0 radical (unpaired) electrons. The lowest BCUT2D eigenvalue weighted by atomic mass is 10.0. The molecule has 1 atom stereocenters. The Balaban J connectivity index is 1.76. The Morgan fingerprint density at radius 3 is 2.62 bits per heavy atom. The number of fused-ring (bicyclic) bond motifs is 1. The van der Waals surface area contributed by atoms with Crippen LogP contribution in [-0.2, 0) is 16.1 Å². The average molecular weight is 353 g/mol. The van der Waals surface area contributed by atoms with Crippen LogP contribution < -0.4 is 5.32 Å². The summed E-state index contributed by atoms with van der Waals surface area (Å²) in [5, 5.41) is 5.31. The van der Waals surface area contributed by atoms with Gasteiger partial charge in [-0.3, -0.25) is 14.5 Å². The highest BCUT2D eigenvalue weighted by molar-refractivity contribution is 5.89. The molecule has 1 fully saturated rings. The lowest BCUT2D eigenvalue weighted by molar-refractivity contribution is -0.138. The molecule has 1 unspecified atom stereocenters. The summed E-state index contributed by atoms with van der Waals surface area (Å²) in [5.74, 6) is -0.00175. The van der Waals surface area contributed by atoms with E-state index in [0.717, 1.165) is 6.54 Å². The monoisotopic (exact) mass is 353 g/mol. The van der Waals surface area contributed by atoms with Crippen LogP contribution in [0.1, 0.15) is 25.8 Å². The van der Waals surface area contributed by atoms with Gasteiger partial charge in [0.1, 0.15) is 0 Å². The third kappa shape index (κ3) is 4.05. The smallest absolute Gasteiger partial charge is 0.237 e. The maximum atomic E-state index is 12.5. The lowest BCUT2D eigenvalue weighted by Gasteiger charge is -2.35. The molecule has 1 aliphatic heterocycles. The van der Waals surface area contributed by atoms with Crippen molar-refractivity contribution in [3.63, 3.8) is 0 Å². The van der Waals surface area contributed by atoms with Gasteiger partial charge in [-0.1, -0.05) is 36.4 Å². The molecule has 26 heavy (non-hydrogen) atoms. The predicted molar refractivity (Wildman–Crippen MR) is 104 cm³/mol. The van der Waals surface area contributed by atoms with Crippen molar-refractivity contribution in [3.05, 3.63) is 48.0 Å². The average Bonchev–Trinajstić information content (AvgIpc) is 2.65. The number of hydrogen-bond donors (Lipinski definition) is 1. The number of rotatable bonds is 6. The SMILES string of the molecule is CCN(CC)C(=O)CC1C(=O)NCCN1Cc1ccc2ccccc2c1. The van der Waals surface area contributed by atoms with Crippen molar-refractivity contribution in [1.29, 1.82) is 0 Å². The number of amides is 2. The van der Waals surface area contributed by atoms with E-state index in [0.29, 0.717) is 26.2 Å². The molecular weight excluding hydrogens is 326 g/mol. The number of carbonyl (C=O) groups is 2. The van der Waals surface area contributed by atoms with Crippen molar-refractivity contribution in [1.82, 2.24) is 15.1 Å². The summed E-state index contributed by atoms with van der Waals surface area (Å²) < 4.78 is 0. The fourth-order valence-corrected chi connectivity index (χ4v) is 3.62. The molecule has 0 aliphatic carbocycles. The van der Waals surface area contributed by atoms with Crippen molar-refractivity contribution in [2.24, 2.45) is 0 Å². The molecule has 1 heterocycles. The Hall–Kier alpha value is -2.40. The van der Waals surface area contributed by atoms with Gasteiger partial charge < -0.3 is 10.2 Å². The predicted octanol–water partition coefficient (Wildman–Crippen LogP) is 2.40. The zero-order chi connectivity index (χ0) is 18.5. The van der Waals surface area contributed by atoms with Crippen LogP contribution >= 0.6 is 0 Å². The first-order valence-electron chi connectivity index (χ1n) is 9.39. The standard InChI is InChI=1S/C21H27N3O2/c1-3-23(4-2)20(25)14-19-21(26)22-11-12-24(19)15-16-9-10-17-7-5-6-8-18(17)13-16/h5-10,13,19H,3-4,11-12,14-15H2,1-2H3,(H,22,26). The Kier molecular flexibility index (Phi) is 5.89. The zero-order valence-electron chi connectivity index (χ0n) is 15.6. The van der Waals surface area contributed by atoms with Gasteiger partial charge in [0.15, 0.2) is 0 Å². The molecule has 0 saturated carbocycles. The molecule has 1 N–H and O–H groups in total. The van der Waals surface area contributed by atoms with Gasteiger partial charge in [0.2, 0.25) is 11.8 Å². The van der Waals surface area contributed by atoms with Crippen LogP contribution in [0.15, 0.2) is 42.5 Å². The van der Waals surface area contributed by atoms with E-state index in [1.54, 1.807) is 4.90 Å². The molecule has 138 valence electrons. The molecule has 0 spiro atoms. The molecule has 2 amide bonds. The first-order chi connectivity index (χ1) is 12.6. The molecule has 3 rings (SSSR count). The maximum Gasteiger partial charge on any atom is 0.237 e. The highest BCUT2D eigenvalue weighted by Crippen LogP contribution is 2.19. The largest absolute Gasteiger partial charge is 0.353 e. The quantitative estimate of drug-likeness (QED) is 0.868. The van der Waals surface area contributed by atoms with Crippen molar-refractivity contribution < 1.29 is 9.59 Å². The summed E-state index contributed by atoms with van der Waals surface area (Å²) in [4.78, 5) is 28.8. The van der Waals surface area contributed by atoms with E-state index in [-0.39, 0.29) is 18.2 Å². The normalized spacial score (nSPS) is 17.9. The van der Waals surface area contributed by atoms with Crippen LogP contribution in [0.25, 0.3) is 10.8 Å². The first kappa shape index (κ1) is 18.4. The minimum atomic E-state index is -0.400. The Morgan fingerprint density at radius 2 is 1.88 bits per heavy atom. The number of hydrogen-bond acceptors (Lipinski definition) is 3. The van der Waals surface area contributed by atoms with Crippen molar-refractivity contribution in [2.75, 3.05) is 26.2 Å². The van der Waals surface area contributed by atoms with E-state index >= 15 is 0 Å². The number of nitrogens with one attached hydrogen (secondary N) is 1. The Morgan fingerprint density at radius 1 is 1.15 bits per heavy atom. The summed E-state index contributed by atoms with van der Waals surface area (Å²) in [6.07, 6.45) is 0.237. The van der Waals surface area contributed by atoms with Gasteiger partial charge in [0.05, 0.1) is 12.5 Å². The van der Waals surface area contributed by atoms with Crippen LogP contribution in [0.5, 0.6) is 0 Å². The second kappa shape index (κ2) is 8.32. The highest BCUT2D eigenvalue weighted by atomic mass is 16.2. The summed E-state index contributed by atoms with van der Waals surface area (Å²) >= 11 is 0. The van der Waals surface area contributed by atoms with E-state index in [4.69, 9.17) is 0 Å². The molecule has 0 aromatic heterocycles. The van der Waals surface area contributed by atoms with Gasteiger partial charge in [-0.15, -0.1) is 0 Å². The molecule has 1 aliphatic rings. The van der Waals surface area contributed by atoms with Gasteiger partial charge in [0.25, 0.3) is 0 Å². The molecule has 2 aromatic rings. The molecule has 2 aromatic carbocycles. The number of carbonyl (C=O) groups excluding carboxylic acids is 2. The van der Waals surface area contributed by atoms with Gasteiger partial charge in [-0.05, 0) is 36.2 Å². The van der Waals surface area contributed by atoms with Crippen LogP contribution in [0.3, 0.4) is 0 Å². The van der Waals surface area contributed by atoms with Gasteiger partial charge >= 0.3 is 0 Å². The second-order valence-electron chi connectivity index (χ2n) is 6.73. The zero-order valence-corrected chi connectivity index (χ0v) is 15.6. The van der Waals surface area contributed by atoms with Crippen LogP contribution in [0, 0.1) is 0 Å². The third-order valence-electron chi connectivity index (χ3n) is 5.13. The maximum absolute atomic E-state index is 12.5. The van der Waals surface area contributed by atoms with Crippen molar-refractivity contribution in [3.8, 4) is 0 Å². The van der Waals surface area contributed by atoms with E-state index < -0.39 is 6.04 Å². The van der Waals surface area contributed by atoms with E-state index in [1.165, 1.54) is 16.3 Å². The number of piperazine rings is 1. The fraction of sp³-hybridized carbons (Fsp3) is 0.429. The minimum absolute atomic E-state index is 0.0422. The minimum Gasteiger partial charge on any atom is -0.353 e. The van der Waals surface area contributed by atoms with Crippen molar-refractivity contribution >= 4 is 22.6 Å². The molecule has 1 saturated heterocycles. The number of benzene rings is 2. The molecular formula is C21H27N3O2. The first-order valence-corrected chi connectivity index (χ1v) is 9.39. The third-order valence-corrected chi connectivity index (χ3v) is 5.13. The van der Waals surface area contributed by atoms with Gasteiger partial charge in [-0.25, -0.2) is 0 Å². The van der Waals surface area contributed by atoms with Crippen LogP contribution in [0.2, 0.25) is 0 Å². The highest BCUT2D eigenvalue weighted by Gasteiger charge is 2.32. The van der Waals surface area contributed by atoms with Crippen LogP contribution in [-0.4, -0.2) is 53.8 Å². The summed E-state index contributed by atoms with van der Waals surface area (Å²) in [7, 11) is 0. The summed E-state index contributed by atoms with van der Waals surface area (Å²) in [5.41, 5.74) is 1.17. The molecule has 5 nitrogen and oxygen atoms in total. The summed E-state index contributed by atoms with van der Waals surface area (Å²) in [6.45, 7) is 7.35. The Bertz CT molecular complexity index is 786. The second-order valence-corrected chi connectivity index (χ2v) is 6.73.